The fourth-order valence-corrected chi connectivity index (χ4v) is 4.23. The molecule has 2 aromatic rings. The van der Waals surface area contributed by atoms with Crippen LogP contribution in [0.1, 0.15) is 25.8 Å². The van der Waals surface area contributed by atoms with Crippen LogP contribution < -0.4 is 5.32 Å². The molecular formula is C18H24F4N6O3S. The lowest BCUT2D eigenvalue weighted by molar-refractivity contribution is -0.137. The second kappa shape index (κ2) is 8.56. The first-order valence-corrected chi connectivity index (χ1v) is 11.5. The Morgan fingerprint density at radius 3 is 2.53 bits per heavy atom. The molecule has 1 fully saturated rings. The third-order valence-corrected chi connectivity index (χ3v) is 6.10. The number of imidazole rings is 1. The second-order valence-electron chi connectivity index (χ2n) is 8.37. The van der Waals surface area contributed by atoms with Crippen molar-refractivity contribution in [2.45, 2.75) is 50.8 Å². The molecule has 0 radical (unpaired) electrons. The molecule has 3 rings (SSSR count). The molecule has 9 nitrogen and oxygen atoms in total. The predicted molar refractivity (Wildman–Crippen MR) is 108 cm³/mol. The Balaban J connectivity index is 1.87. The van der Waals surface area contributed by atoms with E-state index in [-0.39, 0.29) is 37.7 Å². The molecule has 0 spiro atoms. The number of anilines is 1. The van der Waals surface area contributed by atoms with E-state index in [1.54, 1.807) is 13.8 Å². The normalized spacial score (nSPS) is 21.0. The van der Waals surface area contributed by atoms with Gasteiger partial charge in [-0.2, -0.15) is 17.5 Å². The van der Waals surface area contributed by atoms with Crippen molar-refractivity contribution in [1.82, 2.24) is 23.8 Å². The minimum absolute atomic E-state index is 0.0613. The van der Waals surface area contributed by atoms with Crippen LogP contribution in [0.5, 0.6) is 0 Å². The monoisotopic (exact) mass is 480 g/mol. The van der Waals surface area contributed by atoms with Gasteiger partial charge in [0.05, 0.1) is 30.8 Å². The van der Waals surface area contributed by atoms with Crippen LogP contribution in [0.4, 0.5) is 23.5 Å². The van der Waals surface area contributed by atoms with Crippen molar-refractivity contribution in [3.05, 3.63) is 24.3 Å². The Bertz CT molecular complexity index is 1070. The number of nitrogens with zero attached hydrogens (tertiary/aromatic N) is 5. The number of hydrogen-bond donors (Lipinski definition) is 2. The van der Waals surface area contributed by atoms with Gasteiger partial charge in [0.2, 0.25) is 16.0 Å². The van der Waals surface area contributed by atoms with Crippen LogP contribution >= 0.6 is 0 Å². The standard InChI is InChI=1S/C18H24F4N6O3S/c1-17(2,29)9-27-8-14(24-10-27)15-11(18(20,21)22)6-23-16(26-15)25-13-4-5-28(7-12(13)19)32(3,30)31/h6,8,10,12-13,29H,4-5,7,9H2,1-3H3,(H,23,25,26)/t12-,13+/m1/s1. The maximum Gasteiger partial charge on any atom is 0.420 e. The van der Waals surface area contributed by atoms with Crippen LogP contribution in [-0.4, -0.2) is 74.5 Å². The zero-order valence-corrected chi connectivity index (χ0v) is 18.5. The van der Waals surface area contributed by atoms with Gasteiger partial charge in [0.15, 0.2) is 0 Å². The maximum absolute atomic E-state index is 14.5. The van der Waals surface area contributed by atoms with E-state index in [1.165, 1.54) is 17.1 Å². The van der Waals surface area contributed by atoms with Gasteiger partial charge in [-0.25, -0.2) is 27.8 Å². The molecule has 3 heterocycles. The summed E-state index contributed by atoms with van der Waals surface area (Å²) in [5, 5.41) is 12.6. The summed E-state index contributed by atoms with van der Waals surface area (Å²) in [4.78, 5) is 11.6. The Morgan fingerprint density at radius 2 is 1.97 bits per heavy atom. The zero-order chi connectivity index (χ0) is 23.9. The molecule has 14 heteroatoms. The van der Waals surface area contributed by atoms with E-state index in [2.05, 4.69) is 20.3 Å². The molecule has 0 amide bonds. The molecule has 0 saturated carbocycles. The summed E-state index contributed by atoms with van der Waals surface area (Å²) in [6.07, 6.45) is -2.08. The summed E-state index contributed by atoms with van der Waals surface area (Å²) in [5.41, 5.74) is -2.80. The fraction of sp³-hybridized carbons (Fsp3) is 0.611. The third kappa shape index (κ3) is 5.92. The topological polar surface area (TPSA) is 113 Å². The molecule has 1 aliphatic heterocycles. The lowest BCUT2D eigenvalue weighted by atomic mass is 10.1. The van der Waals surface area contributed by atoms with Crippen molar-refractivity contribution in [3.63, 3.8) is 0 Å². The van der Waals surface area contributed by atoms with Gasteiger partial charge in [0.1, 0.15) is 23.1 Å². The zero-order valence-electron chi connectivity index (χ0n) is 17.6. The summed E-state index contributed by atoms with van der Waals surface area (Å²) in [6.45, 7) is 2.88. The number of alkyl halides is 4. The first-order chi connectivity index (χ1) is 14.6. The summed E-state index contributed by atoms with van der Waals surface area (Å²) in [7, 11) is -3.55. The Labute approximate surface area is 182 Å². The number of hydrogen-bond acceptors (Lipinski definition) is 7. The second-order valence-corrected chi connectivity index (χ2v) is 10.4. The van der Waals surface area contributed by atoms with Gasteiger partial charge in [0.25, 0.3) is 0 Å². The minimum Gasteiger partial charge on any atom is -0.389 e. The summed E-state index contributed by atoms with van der Waals surface area (Å²) in [5.74, 6) is -0.231. The Hall–Kier alpha value is -2.32. The average molecular weight is 480 g/mol. The van der Waals surface area contributed by atoms with Crippen LogP contribution in [0.15, 0.2) is 18.7 Å². The van der Waals surface area contributed by atoms with E-state index in [1.807, 2.05) is 0 Å². The van der Waals surface area contributed by atoms with Gasteiger partial charge in [-0.1, -0.05) is 0 Å². The summed E-state index contributed by atoms with van der Waals surface area (Å²) < 4.78 is 80.7. The molecule has 0 aromatic carbocycles. The molecule has 1 saturated heterocycles. The van der Waals surface area contributed by atoms with Crippen molar-refractivity contribution in [2.75, 3.05) is 24.7 Å². The highest BCUT2D eigenvalue weighted by molar-refractivity contribution is 7.88. The quantitative estimate of drug-likeness (QED) is 0.608. The number of piperidine rings is 1. The Morgan fingerprint density at radius 1 is 1.28 bits per heavy atom. The van der Waals surface area contributed by atoms with Crippen molar-refractivity contribution in [3.8, 4) is 11.4 Å². The average Bonchev–Trinajstić information content (AvgIpc) is 3.08. The SMILES string of the molecule is CC(C)(O)Cn1cnc(-c2nc(N[C@H]3CCN(S(C)(=O)=O)C[C@H]3F)ncc2C(F)(F)F)c1. The smallest absolute Gasteiger partial charge is 0.389 e. The maximum atomic E-state index is 14.5. The number of sulfonamides is 1. The first kappa shape index (κ1) is 24.3. The number of aromatic nitrogens is 4. The van der Waals surface area contributed by atoms with Crippen molar-refractivity contribution in [2.24, 2.45) is 0 Å². The molecule has 2 N–H and O–H groups in total. The lowest BCUT2D eigenvalue weighted by Crippen LogP contribution is -2.49. The van der Waals surface area contributed by atoms with Gasteiger partial charge in [0, 0.05) is 25.5 Å². The highest BCUT2D eigenvalue weighted by Crippen LogP contribution is 2.35. The van der Waals surface area contributed by atoms with Crippen LogP contribution in [-0.2, 0) is 22.7 Å². The third-order valence-electron chi connectivity index (χ3n) is 4.83. The summed E-state index contributed by atoms with van der Waals surface area (Å²) in [6, 6.07) is -0.870. The molecule has 0 bridgehead atoms. The summed E-state index contributed by atoms with van der Waals surface area (Å²) >= 11 is 0. The highest BCUT2D eigenvalue weighted by Gasteiger charge is 2.37. The lowest BCUT2D eigenvalue weighted by Gasteiger charge is -2.33. The van der Waals surface area contributed by atoms with Crippen molar-refractivity contribution in [1.29, 1.82) is 0 Å². The van der Waals surface area contributed by atoms with Crippen LogP contribution in [0.25, 0.3) is 11.4 Å². The van der Waals surface area contributed by atoms with Gasteiger partial charge in [-0.05, 0) is 20.3 Å². The van der Waals surface area contributed by atoms with Gasteiger partial charge >= 0.3 is 6.18 Å². The highest BCUT2D eigenvalue weighted by atomic mass is 32.2. The van der Waals surface area contributed by atoms with Crippen LogP contribution in [0, 0.1) is 0 Å². The minimum atomic E-state index is -4.75. The van der Waals surface area contributed by atoms with Crippen LogP contribution in [0.3, 0.4) is 0 Å². The predicted octanol–water partition coefficient (Wildman–Crippen LogP) is 1.91. The largest absolute Gasteiger partial charge is 0.420 e. The first-order valence-electron chi connectivity index (χ1n) is 9.68. The Kier molecular flexibility index (Phi) is 6.50. The molecule has 1 aliphatic rings. The molecule has 2 atom stereocenters. The molecular weight excluding hydrogens is 456 g/mol. The van der Waals surface area contributed by atoms with E-state index >= 15 is 0 Å². The number of halogens is 4. The van der Waals surface area contributed by atoms with Crippen molar-refractivity contribution >= 4 is 16.0 Å². The van der Waals surface area contributed by atoms with E-state index in [4.69, 9.17) is 0 Å². The molecule has 32 heavy (non-hydrogen) atoms. The number of rotatable bonds is 6. The van der Waals surface area contributed by atoms with E-state index in [9.17, 15) is 31.1 Å². The fourth-order valence-electron chi connectivity index (χ4n) is 3.38. The molecule has 178 valence electrons. The number of aliphatic hydroxyl groups is 1. The van der Waals surface area contributed by atoms with Gasteiger partial charge in [-0.15, -0.1) is 0 Å². The molecule has 0 aliphatic carbocycles. The van der Waals surface area contributed by atoms with Crippen LogP contribution in [0.2, 0.25) is 0 Å². The molecule has 0 unspecified atom stereocenters. The van der Waals surface area contributed by atoms with Gasteiger partial charge < -0.3 is 15.0 Å². The van der Waals surface area contributed by atoms with E-state index in [0.717, 1.165) is 10.6 Å². The molecule has 2 aromatic heterocycles. The van der Waals surface area contributed by atoms with E-state index in [0.29, 0.717) is 6.20 Å². The number of nitrogens with one attached hydrogen (secondary N) is 1. The van der Waals surface area contributed by atoms with Crippen molar-refractivity contribution < 1.29 is 31.1 Å². The van der Waals surface area contributed by atoms with Gasteiger partial charge in [-0.3, -0.25) is 0 Å². The van der Waals surface area contributed by atoms with E-state index < -0.39 is 45.3 Å².